The van der Waals surface area contributed by atoms with Crippen LogP contribution in [0.3, 0.4) is 0 Å². The molecule has 0 saturated heterocycles. The molecule has 3 aromatic rings. The minimum atomic E-state index is -4.81. The van der Waals surface area contributed by atoms with Crippen LogP contribution in [0.4, 0.5) is 29.0 Å². The third-order valence-corrected chi connectivity index (χ3v) is 5.28. The summed E-state index contributed by atoms with van der Waals surface area (Å²) in [5.41, 5.74) is 5.08. The van der Waals surface area contributed by atoms with E-state index < -0.39 is 47.7 Å². The zero-order chi connectivity index (χ0) is 23.7. The number of benzene rings is 1. The first kappa shape index (κ1) is 22.7. The van der Waals surface area contributed by atoms with E-state index >= 15 is 0 Å². The summed E-state index contributed by atoms with van der Waals surface area (Å²) >= 11 is 0. The second-order valence-corrected chi connectivity index (χ2v) is 8.58. The number of hydrogen-bond acceptors (Lipinski definition) is 14. The van der Waals surface area contributed by atoms with Crippen LogP contribution in [0.2, 0.25) is 0 Å². The van der Waals surface area contributed by atoms with E-state index in [0.717, 1.165) is 12.1 Å². The number of pyridine rings is 1. The van der Waals surface area contributed by atoms with E-state index in [1.54, 1.807) is 0 Å². The zero-order valence-electron chi connectivity index (χ0n) is 15.4. The summed E-state index contributed by atoms with van der Waals surface area (Å²) in [6, 6.07) is 3.24. The Morgan fingerprint density at radius 1 is 0.812 bits per heavy atom. The Bertz CT molecular complexity index is 1420. The first-order valence-corrected chi connectivity index (χ1v) is 10.9. The molecule has 0 aliphatic heterocycles. The van der Waals surface area contributed by atoms with Crippen LogP contribution in [0.1, 0.15) is 0 Å². The Morgan fingerprint density at radius 3 is 2.00 bits per heavy atom. The van der Waals surface area contributed by atoms with Gasteiger partial charge >= 0.3 is 12.0 Å². The van der Waals surface area contributed by atoms with Crippen LogP contribution < -0.4 is 11.1 Å². The Kier molecular flexibility index (Phi) is 5.86. The van der Waals surface area contributed by atoms with Crippen molar-refractivity contribution in [2.45, 2.75) is 9.79 Å². The van der Waals surface area contributed by atoms with Crippen LogP contribution in [0, 0.1) is 0 Å². The van der Waals surface area contributed by atoms with Crippen LogP contribution in [0.25, 0.3) is 0 Å². The molecule has 2 heterocycles. The molecular weight excluding hydrogens is 472 g/mol. The van der Waals surface area contributed by atoms with Gasteiger partial charge in [0.1, 0.15) is 22.1 Å². The third-order valence-electron chi connectivity index (χ3n) is 3.53. The highest BCUT2D eigenvalue weighted by Crippen LogP contribution is 2.31. The molecule has 3 rings (SSSR count). The van der Waals surface area contributed by atoms with Gasteiger partial charge in [-0.2, -0.15) is 26.8 Å². The van der Waals surface area contributed by atoms with Gasteiger partial charge in [0.05, 0.1) is 4.90 Å². The molecule has 32 heavy (non-hydrogen) atoms. The van der Waals surface area contributed by atoms with Gasteiger partial charge in [-0.05, 0) is 30.3 Å². The van der Waals surface area contributed by atoms with E-state index in [-0.39, 0.29) is 23.3 Å². The lowest BCUT2D eigenvalue weighted by atomic mass is 10.3. The Labute approximate surface area is 179 Å². The second kappa shape index (κ2) is 8.26. The van der Waals surface area contributed by atoms with Gasteiger partial charge in [0.25, 0.3) is 20.2 Å². The SMILES string of the molecule is Nc1nc(Nc2nc(O)nc(O)n2)ccc1/N=N/c1cc(S(=O)(=O)O)ccc1S(=O)(=O)O. The van der Waals surface area contributed by atoms with Gasteiger partial charge in [-0.1, -0.05) is 0 Å². The van der Waals surface area contributed by atoms with Gasteiger partial charge in [-0.25, -0.2) is 4.98 Å². The Balaban J connectivity index is 1.94. The fourth-order valence-corrected chi connectivity index (χ4v) is 3.31. The maximum Gasteiger partial charge on any atom is 0.321 e. The standard InChI is InChI=1S/C14H12N8O8S2/c15-11-7(2-4-10(16-11)17-12-18-13(23)20-14(24)19-12)21-22-8-5-6(31(25,26)27)1-3-9(8)32(28,29)30/h1-5H,(H,25,26,27)(H,28,29,30)(H5,15,16,17,18,19,20,23,24)/b22-21+. The molecule has 2 aromatic heterocycles. The minimum absolute atomic E-state index is 0.0541. The van der Waals surface area contributed by atoms with Crippen LogP contribution >= 0.6 is 0 Å². The van der Waals surface area contributed by atoms with Crippen molar-refractivity contribution >= 4 is 49.2 Å². The number of anilines is 3. The number of nitrogen functional groups attached to an aromatic ring is 1. The number of azo groups is 1. The molecule has 7 N–H and O–H groups in total. The third kappa shape index (κ3) is 5.37. The van der Waals surface area contributed by atoms with Crippen molar-refractivity contribution in [2.75, 3.05) is 11.1 Å². The summed E-state index contributed by atoms with van der Waals surface area (Å²) in [6.07, 6.45) is 0. The minimum Gasteiger partial charge on any atom is -0.479 e. The maximum atomic E-state index is 11.5. The van der Waals surface area contributed by atoms with Crippen molar-refractivity contribution in [1.29, 1.82) is 0 Å². The average molecular weight is 484 g/mol. The Hall–Kier alpha value is -4.00. The predicted molar refractivity (Wildman–Crippen MR) is 105 cm³/mol. The quantitative estimate of drug-likeness (QED) is 0.210. The second-order valence-electron chi connectivity index (χ2n) is 5.76. The predicted octanol–water partition coefficient (Wildman–Crippen LogP) is 0.912. The number of aromatic nitrogens is 4. The van der Waals surface area contributed by atoms with Gasteiger partial charge in [-0.3, -0.25) is 9.11 Å². The van der Waals surface area contributed by atoms with E-state index in [0.29, 0.717) is 6.07 Å². The molecule has 18 heteroatoms. The van der Waals surface area contributed by atoms with Crippen LogP contribution in [-0.4, -0.2) is 56.1 Å². The number of rotatable bonds is 6. The van der Waals surface area contributed by atoms with E-state index in [1.165, 1.54) is 12.1 Å². The summed E-state index contributed by atoms with van der Waals surface area (Å²) in [5, 5.41) is 28.3. The molecule has 0 saturated carbocycles. The van der Waals surface area contributed by atoms with Gasteiger partial charge in [0.15, 0.2) is 5.82 Å². The molecular formula is C14H12N8O8S2. The van der Waals surface area contributed by atoms with Crippen molar-refractivity contribution in [3.05, 3.63) is 30.3 Å². The molecule has 0 aliphatic carbocycles. The summed E-state index contributed by atoms with van der Waals surface area (Å²) in [6.45, 7) is 0. The average Bonchev–Trinajstić information content (AvgIpc) is 2.65. The highest BCUT2D eigenvalue weighted by Gasteiger charge is 2.20. The van der Waals surface area contributed by atoms with Crippen molar-refractivity contribution < 1.29 is 36.2 Å². The highest BCUT2D eigenvalue weighted by molar-refractivity contribution is 7.86. The van der Waals surface area contributed by atoms with Gasteiger partial charge < -0.3 is 21.3 Å². The van der Waals surface area contributed by atoms with Gasteiger partial charge in [0.2, 0.25) is 5.95 Å². The summed E-state index contributed by atoms with van der Waals surface area (Å²) in [5.74, 6) is -0.435. The van der Waals surface area contributed by atoms with Crippen molar-refractivity contribution in [2.24, 2.45) is 10.2 Å². The molecule has 168 valence electrons. The van der Waals surface area contributed by atoms with Gasteiger partial charge in [0, 0.05) is 0 Å². The molecule has 0 aliphatic rings. The molecule has 1 aromatic carbocycles. The number of aromatic hydroxyl groups is 2. The molecule has 0 fully saturated rings. The molecule has 0 amide bonds. The van der Waals surface area contributed by atoms with E-state index in [4.69, 9.17) is 10.3 Å². The summed E-state index contributed by atoms with van der Waals surface area (Å²) < 4.78 is 64.0. The molecule has 0 spiro atoms. The fraction of sp³-hybridized carbons (Fsp3) is 0. The summed E-state index contributed by atoms with van der Waals surface area (Å²) in [4.78, 5) is 12.6. The smallest absolute Gasteiger partial charge is 0.321 e. The van der Waals surface area contributed by atoms with Crippen LogP contribution in [0.15, 0.2) is 50.4 Å². The molecule has 0 radical (unpaired) electrons. The summed E-state index contributed by atoms with van der Waals surface area (Å²) in [7, 11) is -9.50. The number of nitrogens with zero attached hydrogens (tertiary/aromatic N) is 6. The molecule has 0 unspecified atom stereocenters. The van der Waals surface area contributed by atoms with Crippen LogP contribution in [-0.2, 0) is 20.2 Å². The lowest BCUT2D eigenvalue weighted by molar-refractivity contribution is 0.384. The lowest BCUT2D eigenvalue weighted by Gasteiger charge is -2.06. The first-order chi connectivity index (χ1) is 14.8. The number of nitrogens with one attached hydrogen (secondary N) is 1. The van der Waals surface area contributed by atoms with Crippen molar-refractivity contribution in [3.8, 4) is 12.0 Å². The van der Waals surface area contributed by atoms with E-state index in [2.05, 4.69) is 35.5 Å². The first-order valence-electron chi connectivity index (χ1n) is 8.01. The monoisotopic (exact) mass is 484 g/mol. The lowest BCUT2D eigenvalue weighted by Crippen LogP contribution is -2.02. The highest BCUT2D eigenvalue weighted by atomic mass is 32.2. The largest absolute Gasteiger partial charge is 0.479 e. The topological polar surface area (TPSA) is 264 Å². The fourth-order valence-electron chi connectivity index (χ4n) is 2.21. The maximum absolute atomic E-state index is 11.5. The van der Waals surface area contributed by atoms with Crippen molar-refractivity contribution in [1.82, 2.24) is 19.9 Å². The molecule has 0 bridgehead atoms. The van der Waals surface area contributed by atoms with E-state index in [1.807, 2.05) is 0 Å². The van der Waals surface area contributed by atoms with E-state index in [9.17, 15) is 31.6 Å². The van der Waals surface area contributed by atoms with Crippen molar-refractivity contribution in [3.63, 3.8) is 0 Å². The normalized spacial score (nSPS) is 12.2. The molecule has 0 atom stereocenters. The number of nitrogens with two attached hydrogens (primary N) is 1. The number of hydrogen-bond donors (Lipinski definition) is 6. The zero-order valence-corrected chi connectivity index (χ0v) is 17.0. The Morgan fingerprint density at radius 2 is 1.44 bits per heavy atom. The molecule has 16 nitrogen and oxygen atoms in total. The van der Waals surface area contributed by atoms with Crippen LogP contribution in [0.5, 0.6) is 12.0 Å². The van der Waals surface area contributed by atoms with Gasteiger partial charge in [-0.15, -0.1) is 15.2 Å².